The molecule has 0 aromatic heterocycles. The normalized spacial score (nSPS) is 10.6. The van der Waals surface area contributed by atoms with Crippen LogP contribution >= 0.6 is 0 Å². The van der Waals surface area contributed by atoms with Crippen LogP contribution < -0.4 is 0 Å². The Morgan fingerprint density at radius 3 is 1.27 bits per heavy atom. The Kier molecular flexibility index (Phi) is 11.7. The summed E-state index contributed by atoms with van der Waals surface area (Å²) in [6.45, 7) is 0. The maximum absolute atomic E-state index is 11.4. The molecule has 0 saturated heterocycles. The number of carbonyl (C=O) groups excluding carboxylic acids is 2. The molecule has 0 bridgehead atoms. The van der Waals surface area contributed by atoms with E-state index in [-0.39, 0.29) is 97.8 Å². The van der Waals surface area contributed by atoms with Crippen molar-refractivity contribution < 1.29 is 43.9 Å². The van der Waals surface area contributed by atoms with E-state index in [1.54, 1.807) is 0 Å². The molecule has 118 valence electrons. The number of hydrogen-bond acceptors (Lipinski definition) is 8. The predicted molar refractivity (Wildman–Crippen MR) is 77.5 cm³/mol. The van der Waals surface area contributed by atoms with Crippen molar-refractivity contribution in [3.8, 4) is 0 Å². The second-order valence-electron chi connectivity index (χ2n) is 3.14. The van der Waals surface area contributed by atoms with Gasteiger partial charge < -0.3 is 8.37 Å². The van der Waals surface area contributed by atoms with Crippen LogP contribution in [0.3, 0.4) is 0 Å². The van der Waals surface area contributed by atoms with Crippen LogP contribution in [-0.4, -0.2) is 136 Å². The number of carbonyl (C=O) groups is 2. The molecule has 0 fully saturated rings. The standard InChI is InChI=1S/C8H6O10S2.2Ba.4H/c9-7(17-19(11,12)13)5-3-1-2-4-6(5)8(10)18-20(14,15)16;;;;;;/h1-4H,(H,11,12,13)(H,14,15,16);;;;;;. The molecule has 10 nitrogen and oxygen atoms in total. The summed E-state index contributed by atoms with van der Waals surface area (Å²) in [5.74, 6) is -3.29. The fraction of sp³-hybridized carbons (Fsp3) is 0. The van der Waals surface area contributed by atoms with Crippen LogP contribution in [-0.2, 0) is 29.2 Å². The fourth-order valence-corrected chi connectivity index (χ4v) is 1.68. The Hall–Kier alpha value is 1.12. The Labute approximate surface area is 206 Å². The van der Waals surface area contributed by atoms with E-state index < -0.39 is 43.9 Å². The SMILES string of the molecule is O=C(OS(=O)(=O)O)c1ccccc1C(=O)OS(=O)(=O)O.[BaH2].[BaH2]. The predicted octanol–water partition coefficient (Wildman–Crippen LogP) is -2.23. The topological polar surface area (TPSA) is 161 Å². The van der Waals surface area contributed by atoms with E-state index in [2.05, 4.69) is 8.37 Å². The van der Waals surface area contributed by atoms with Gasteiger partial charge in [-0.3, -0.25) is 9.11 Å². The number of benzene rings is 1. The first-order chi connectivity index (χ1) is 8.99. The summed E-state index contributed by atoms with van der Waals surface area (Å²) in [6.07, 6.45) is 0. The van der Waals surface area contributed by atoms with Gasteiger partial charge in [-0.15, -0.1) is 0 Å². The molecule has 0 saturated carbocycles. The van der Waals surface area contributed by atoms with Crippen LogP contribution in [0.2, 0.25) is 0 Å². The molecule has 0 heterocycles. The Morgan fingerprint density at radius 1 is 0.773 bits per heavy atom. The van der Waals surface area contributed by atoms with Gasteiger partial charge in [0.05, 0.1) is 11.1 Å². The molecule has 0 atom stereocenters. The van der Waals surface area contributed by atoms with Gasteiger partial charge in [-0.25, -0.2) is 9.59 Å². The first kappa shape index (κ1) is 25.4. The first-order valence-corrected chi connectivity index (χ1v) is 7.24. The van der Waals surface area contributed by atoms with E-state index in [1.165, 1.54) is 12.1 Å². The summed E-state index contributed by atoms with van der Waals surface area (Å²) in [5.41, 5.74) is -1.39. The summed E-state index contributed by atoms with van der Waals surface area (Å²) in [7, 11) is -10.2. The van der Waals surface area contributed by atoms with Crippen molar-refractivity contribution in [1.82, 2.24) is 0 Å². The molecule has 1 rings (SSSR count). The van der Waals surface area contributed by atoms with Crippen LogP contribution in [0.25, 0.3) is 0 Å². The van der Waals surface area contributed by atoms with Crippen molar-refractivity contribution in [3.63, 3.8) is 0 Å². The molecule has 0 unspecified atom stereocenters. The van der Waals surface area contributed by atoms with E-state index in [1.807, 2.05) is 0 Å². The zero-order chi connectivity index (χ0) is 15.6. The van der Waals surface area contributed by atoms with Crippen molar-refractivity contribution in [3.05, 3.63) is 35.4 Å². The van der Waals surface area contributed by atoms with Gasteiger partial charge in [-0.05, 0) is 12.1 Å². The summed E-state index contributed by atoms with van der Waals surface area (Å²) < 4.78 is 65.5. The van der Waals surface area contributed by atoms with Gasteiger partial charge in [-0.1, -0.05) is 12.1 Å². The molecular weight excluding hydrogens is 595 g/mol. The van der Waals surface area contributed by atoms with Crippen molar-refractivity contribution in [2.75, 3.05) is 0 Å². The Bertz CT molecular complexity index is 690. The average molecular weight is 605 g/mol. The van der Waals surface area contributed by atoms with E-state index in [0.29, 0.717) is 0 Å². The van der Waals surface area contributed by atoms with Crippen molar-refractivity contribution in [2.45, 2.75) is 0 Å². The van der Waals surface area contributed by atoms with Crippen LogP contribution in [0.1, 0.15) is 20.7 Å². The molecule has 0 aliphatic carbocycles. The van der Waals surface area contributed by atoms with Crippen molar-refractivity contribution in [1.29, 1.82) is 0 Å². The number of rotatable bonds is 4. The monoisotopic (exact) mass is 606 g/mol. The summed E-state index contributed by atoms with van der Waals surface area (Å²) in [6, 6.07) is 4.22. The zero-order valence-corrected chi connectivity index (χ0v) is 10.9. The average Bonchev–Trinajstić information content (AvgIpc) is 2.24. The molecule has 0 amide bonds. The summed E-state index contributed by atoms with van der Waals surface area (Å²) in [4.78, 5) is 22.7. The van der Waals surface area contributed by atoms with Crippen LogP contribution in [0, 0.1) is 0 Å². The van der Waals surface area contributed by atoms with Crippen LogP contribution in [0.4, 0.5) is 0 Å². The van der Waals surface area contributed by atoms with E-state index in [0.717, 1.165) is 12.1 Å². The maximum atomic E-state index is 11.4. The quantitative estimate of drug-likeness (QED) is 0.284. The molecular formula is C8H10Ba2O10S2. The van der Waals surface area contributed by atoms with Crippen LogP contribution in [0.5, 0.6) is 0 Å². The third kappa shape index (κ3) is 9.43. The molecule has 22 heavy (non-hydrogen) atoms. The Balaban J connectivity index is 0. The third-order valence-electron chi connectivity index (χ3n) is 1.73. The third-order valence-corrected chi connectivity index (χ3v) is 2.45. The van der Waals surface area contributed by atoms with Gasteiger partial charge >= 0.3 is 130 Å². The van der Waals surface area contributed by atoms with Gasteiger partial charge in [-0.2, -0.15) is 16.8 Å². The molecule has 1 aromatic carbocycles. The van der Waals surface area contributed by atoms with E-state index in [9.17, 15) is 26.4 Å². The van der Waals surface area contributed by atoms with Gasteiger partial charge in [0.2, 0.25) is 0 Å². The molecule has 0 radical (unpaired) electrons. The fourth-order valence-electron chi connectivity index (χ4n) is 1.12. The molecule has 14 heteroatoms. The zero-order valence-electron chi connectivity index (χ0n) is 9.29. The van der Waals surface area contributed by atoms with Crippen LogP contribution in [0.15, 0.2) is 24.3 Å². The van der Waals surface area contributed by atoms with Gasteiger partial charge in [0, 0.05) is 0 Å². The number of hydrogen-bond donors (Lipinski definition) is 2. The van der Waals surface area contributed by atoms with Crippen molar-refractivity contribution in [2.24, 2.45) is 0 Å². The molecule has 0 aliphatic rings. The minimum atomic E-state index is -5.12. The second-order valence-corrected chi connectivity index (χ2v) is 5.19. The van der Waals surface area contributed by atoms with E-state index >= 15 is 0 Å². The van der Waals surface area contributed by atoms with Gasteiger partial charge in [0.25, 0.3) is 0 Å². The second kappa shape index (κ2) is 10.2. The minimum absolute atomic E-state index is 0. The van der Waals surface area contributed by atoms with Gasteiger partial charge in [0.1, 0.15) is 0 Å². The molecule has 0 aliphatic heterocycles. The molecule has 1 aromatic rings. The molecule has 2 N–H and O–H groups in total. The van der Waals surface area contributed by atoms with Gasteiger partial charge in [0.15, 0.2) is 0 Å². The molecule has 0 spiro atoms. The summed E-state index contributed by atoms with van der Waals surface area (Å²) >= 11 is 0. The first-order valence-electron chi connectivity index (χ1n) is 4.51. The van der Waals surface area contributed by atoms with E-state index in [4.69, 9.17) is 9.11 Å². The Morgan fingerprint density at radius 2 is 1.05 bits per heavy atom. The summed E-state index contributed by atoms with van der Waals surface area (Å²) in [5, 5.41) is 0. The van der Waals surface area contributed by atoms with Crippen molar-refractivity contribution >= 4 is 130 Å².